The van der Waals surface area contributed by atoms with Crippen LogP contribution in [0.25, 0.3) is 11.4 Å². The van der Waals surface area contributed by atoms with Crippen molar-refractivity contribution in [2.75, 3.05) is 13.1 Å². The summed E-state index contributed by atoms with van der Waals surface area (Å²) in [6, 6.07) is 16.1. The van der Waals surface area contributed by atoms with E-state index in [1.165, 1.54) is 12.1 Å². The molecular formula is C22H23FN4O2. The van der Waals surface area contributed by atoms with Gasteiger partial charge in [-0.25, -0.2) is 4.39 Å². The van der Waals surface area contributed by atoms with Crippen LogP contribution >= 0.6 is 0 Å². The van der Waals surface area contributed by atoms with Crippen molar-refractivity contribution in [2.24, 2.45) is 5.92 Å². The normalized spacial score (nSPS) is 17.2. The van der Waals surface area contributed by atoms with Gasteiger partial charge in [-0.1, -0.05) is 47.6 Å². The number of carbonyl (C=O) groups is 1. The predicted molar refractivity (Wildman–Crippen MR) is 106 cm³/mol. The summed E-state index contributed by atoms with van der Waals surface area (Å²) in [4.78, 5) is 19.2. The minimum Gasteiger partial charge on any atom is -0.347 e. The summed E-state index contributed by atoms with van der Waals surface area (Å²) in [6.07, 6.45) is 1.81. The fourth-order valence-electron chi connectivity index (χ4n) is 3.60. The molecule has 0 spiro atoms. The standard InChI is InChI=1S/C22H23FN4O2/c23-19-10-8-16(9-11-19)14-27-12-4-7-18(15-27)22(28)24-13-20-25-21(26-29-20)17-5-2-1-3-6-17/h1-3,5-6,8-11,18H,4,7,12-15H2,(H,24,28)/t18-/m0/s1. The number of aromatic nitrogens is 2. The Morgan fingerprint density at radius 1 is 1.17 bits per heavy atom. The van der Waals surface area contributed by atoms with E-state index in [9.17, 15) is 9.18 Å². The Morgan fingerprint density at radius 2 is 1.97 bits per heavy atom. The number of amides is 1. The second kappa shape index (κ2) is 8.96. The van der Waals surface area contributed by atoms with Crippen LogP contribution in [0.3, 0.4) is 0 Å². The molecule has 1 amide bonds. The van der Waals surface area contributed by atoms with Crippen molar-refractivity contribution in [1.82, 2.24) is 20.4 Å². The molecule has 0 saturated carbocycles. The second-order valence-electron chi connectivity index (χ2n) is 7.30. The first kappa shape index (κ1) is 19.3. The first-order chi connectivity index (χ1) is 14.2. The van der Waals surface area contributed by atoms with Crippen LogP contribution in [0.15, 0.2) is 59.1 Å². The number of likely N-dealkylation sites (tertiary alicyclic amines) is 1. The number of rotatable bonds is 6. The molecule has 1 saturated heterocycles. The molecule has 0 radical (unpaired) electrons. The minimum absolute atomic E-state index is 0.00623. The van der Waals surface area contributed by atoms with Gasteiger partial charge in [0.1, 0.15) is 5.82 Å². The number of nitrogens with one attached hydrogen (secondary N) is 1. The molecule has 1 N–H and O–H groups in total. The molecule has 0 aliphatic carbocycles. The molecule has 2 heterocycles. The van der Waals surface area contributed by atoms with E-state index in [-0.39, 0.29) is 24.2 Å². The molecule has 1 fully saturated rings. The van der Waals surface area contributed by atoms with Gasteiger partial charge in [-0.2, -0.15) is 4.98 Å². The second-order valence-corrected chi connectivity index (χ2v) is 7.30. The van der Waals surface area contributed by atoms with Crippen molar-refractivity contribution in [2.45, 2.75) is 25.9 Å². The van der Waals surface area contributed by atoms with E-state index in [4.69, 9.17) is 4.52 Å². The molecule has 7 heteroatoms. The molecule has 6 nitrogen and oxygen atoms in total. The van der Waals surface area contributed by atoms with Crippen molar-refractivity contribution in [3.05, 3.63) is 71.9 Å². The fourth-order valence-corrected chi connectivity index (χ4v) is 3.60. The van der Waals surface area contributed by atoms with Crippen LogP contribution < -0.4 is 5.32 Å². The third-order valence-corrected chi connectivity index (χ3v) is 5.11. The predicted octanol–water partition coefficient (Wildman–Crippen LogP) is 3.40. The van der Waals surface area contributed by atoms with Crippen LogP contribution in [-0.2, 0) is 17.9 Å². The maximum Gasteiger partial charge on any atom is 0.246 e. The van der Waals surface area contributed by atoms with Crippen molar-refractivity contribution in [3.8, 4) is 11.4 Å². The van der Waals surface area contributed by atoms with Crippen molar-refractivity contribution in [1.29, 1.82) is 0 Å². The molecule has 1 aliphatic rings. The fraction of sp³-hybridized carbons (Fsp3) is 0.318. The number of hydrogen-bond acceptors (Lipinski definition) is 5. The molecule has 150 valence electrons. The Morgan fingerprint density at radius 3 is 2.76 bits per heavy atom. The van der Waals surface area contributed by atoms with Gasteiger partial charge in [-0.15, -0.1) is 0 Å². The van der Waals surface area contributed by atoms with Crippen LogP contribution in [0.2, 0.25) is 0 Å². The number of benzene rings is 2. The highest BCUT2D eigenvalue weighted by molar-refractivity contribution is 5.78. The number of nitrogens with zero attached hydrogens (tertiary/aromatic N) is 3. The molecule has 1 atom stereocenters. The number of carbonyl (C=O) groups excluding carboxylic acids is 1. The average Bonchev–Trinajstić information content (AvgIpc) is 3.24. The molecule has 3 aromatic rings. The minimum atomic E-state index is -0.235. The van der Waals surface area contributed by atoms with Crippen molar-refractivity contribution >= 4 is 5.91 Å². The zero-order valence-electron chi connectivity index (χ0n) is 16.1. The van der Waals surface area contributed by atoms with E-state index in [1.54, 1.807) is 12.1 Å². The lowest BCUT2D eigenvalue weighted by Crippen LogP contribution is -2.42. The summed E-state index contributed by atoms with van der Waals surface area (Å²) < 4.78 is 18.3. The van der Waals surface area contributed by atoms with Gasteiger partial charge >= 0.3 is 0 Å². The Balaban J connectivity index is 1.29. The molecular weight excluding hydrogens is 371 g/mol. The molecule has 4 rings (SSSR count). The lowest BCUT2D eigenvalue weighted by Gasteiger charge is -2.31. The number of hydrogen-bond donors (Lipinski definition) is 1. The third kappa shape index (κ3) is 5.06. The highest BCUT2D eigenvalue weighted by Gasteiger charge is 2.26. The zero-order chi connectivity index (χ0) is 20.1. The van der Waals surface area contributed by atoms with Crippen LogP contribution in [0.4, 0.5) is 4.39 Å². The Labute approximate surface area is 168 Å². The summed E-state index contributed by atoms with van der Waals surface area (Å²) in [5.74, 6) is 0.573. The van der Waals surface area contributed by atoms with E-state index in [1.807, 2.05) is 30.3 Å². The highest BCUT2D eigenvalue weighted by atomic mass is 19.1. The van der Waals surface area contributed by atoms with Gasteiger partial charge in [-0.3, -0.25) is 9.69 Å². The number of piperidine rings is 1. The van der Waals surface area contributed by atoms with E-state index >= 15 is 0 Å². The summed E-state index contributed by atoms with van der Waals surface area (Å²) >= 11 is 0. The maximum atomic E-state index is 13.1. The summed E-state index contributed by atoms with van der Waals surface area (Å²) in [7, 11) is 0. The van der Waals surface area contributed by atoms with Gasteiger partial charge in [0.2, 0.25) is 17.6 Å². The molecule has 1 aromatic heterocycles. The maximum absolute atomic E-state index is 13.1. The van der Waals surface area contributed by atoms with Crippen molar-refractivity contribution in [3.63, 3.8) is 0 Å². The zero-order valence-corrected chi connectivity index (χ0v) is 16.1. The average molecular weight is 394 g/mol. The lowest BCUT2D eigenvalue weighted by atomic mass is 9.96. The van der Waals surface area contributed by atoms with Crippen LogP contribution in [-0.4, -0.2) is 34.0 Å². The summed E-state index contributed by atoms with van der Waals surface area (Å²) in [5, 5.41) is 6.88. The van der Waals surface area contributed by atoms with E-state index in [0.717, 1.165) is 30.5 Å². The molecule has 0 bridgehead atoms. The molecule has 2 aromatic carbocycles. The smallest absolute Gasteiger partial charge is 0.246 e. The summed E-state index contributed by atoms with van der Waals surface area (Å²) in [6.45, 7) is 2.55. The largest absolute Gasteiger partial charge is 0.347 e. The van der Waals surface area contributed by atoms with Crippen molar-refractivity contribution < 1.29 is 13.7 Å². The van der Waals surface area contributed by atoms with Gasteiger partial charge in [0.25, 0.3) is 0 Å². The van der Waals surface area contributed by atoms with Gasteiger partial charge in [-0.05, 0) is 37.1 Å². The SMILES string of the molecule is O=C(NCc1nc(-c2ccccc2)no1)[C@H]1CCCN(Cc2ccc(F)cc2)C1. The first-order valence-electron chi connectivity index (χ1n) is 9.80. The highest BCUT2D eigenvalue weighted by Crippen LogP contribution is 2.19. The molecule has 1 aliphatic heterocycles. The summed E-state index contributed by atoms with van der Waals surface area (Å²) in [5.41, 5.74) is 1.92. The topological polar surface area (TPSA) is 71.3 Å². The Kier molecular flexibility index (Phi) is 5.95. The Bertz CT molecular complexity index is 943. The third-order valence-electron chi connectivity index (χ3n) is 5.11. The van der Waals surface area contributed by atoms with Crippen LogP contribution in [0, 0.1) is 11.7 Å². The van der Waals surface area contributed by atoms with E-state index in [0.29, 0.717) is 24.8 Å². The van der Waals surface area contributed by atoms with Gasteiger partial charge in [0, 0.05) is 18.7 Å². The van der Waals surface area contributed by atoms with Gasteiger partial charge < -0.3 is 9.84 Å². The molecule has 0 unspecified atom stereocenters. The van der Waals surface area contributed by atoms with Crippen LogP contribution in [0.1, 0.15) is 24.3 Å². The van der Waals surface area contributed by atoms with Gasteiger partial charge in [0.15, 0.2) is 0 Å². The van der Waals surface area contributed by atoms with Crippen LogP contribution in [0.5, 0.6) is 0 Å². The first-order valence-corrected chi connectivity index (χ1v) is 9.80. The van der Waals surface area contributed by atoms with Gasteiger partial charge in [0.05, 0.1) is 12.5 Å². The monoisotopic (exact) mass is 394 g/mol. The van der Waals surface area contributed by atoms with E-state index in [2.05, 4.69) is 20.4 Å². The number of halogens is 1. The lowest BCUT2D eigenvalue weighted by molar-refractivity contribution is -0.127. The quantitative estimate of drug-likeness (QED) is 0.694. The molecule has 29 heavy (non-hydrogen) atoms. The Hall–Kier alpha value is -3.06. The van der Waals surface area contributed by atoms with E-state index < -0.39 is 0 Å².